The monoisotopic (exact) mass is 197 g/mol. The summed E-state index contributed by atoms with van der Waals surface area (Å²) in [5.74, 6) is 0.258. The minimum Gasteiger partial charge on any atom is -0.396 e. The molecule has 0 saturated heterocycles. The molecule has 0 aliphatic carbocycles. The molecule has 0 bridgehead atoms. The summed E-state index contributed by atoms with van der Waals surface area (Å²) < 4.78 is 2.01. The van der Waals surface area contributed by atoms with Crippen LogP contribution >= 0.6 is 0 Å². The van der Waals surface area contributed by atoms with Crippen molar-refractivity contribution in [2.45, 2.75) is 32.9 Å². The van der Waals surface area contributed by atoms with Gasteiger partial charge in [-0.15, -0.1) is 0 Å². The summed E-state index contributed by atoms with van der Waals surface area (Å²) in [6, 6.07) is 1.93. The Labute approximate surface area is 85.0 Å². The molecular weight excluding hydrogens is 178 g/mol. The summed E-state index contributed by atoms with van der Waals surface area (Å²) in [5.41, 5.74) is 0.956. The van der Waals surface area contributed by atoms with Gasteiger partial charge in [-0.3, -0.25) is 0 Å². The van der Waals surface area contributed by atoms with Gasteiger partial charge in [0.2, 0.25) is 0 Å². The van der Waals surface area contributed by atoms with Crippen LogP contribution in [0.5, 0.6) is 0 Å². The molecule has 2 atom stereocenters. The summed E-state index contributed by atoms with van der Waals surface area (Å²) in [4.78, 5) is 0. The van der Waals surface area contributed by atoms with Gasteiger partial charge in [-0.05, 0) is 24.0 Å². The van der Waals surface area contributed by atoms with Gasteiger partial charge >= 0.3 is 0 Å². The Hall–Kier alpha value is -0.800. The Bertz CT molecular complexity index is 270. The summed E-state index contributed by atoms with van der Waals surface area (Å²) in [7, 11) is 0. The number of rotatable bonds is 5. The summed E-state index contributed by atoms with van der Waals surface area (Å²) >= 11 is 0. The number of aliphatic hydroxyl groups excluding tert-OH is 2. The lowest BCUT2D eigenvalue weighted by Crippen LogP contribution is -2.09. The molecule has 0 fully saturated rings. The van der Waals surface area contributed by atoms with Gasteiger partial charge in [-0.25, -0.2) is 0 Å². The van der Waals surface area contributed by atoms with Crippen LogP contribution in [-0.2, 0) is 6.54 Å². The topological polar surface area (TPSA) is 45.4 Å². The van der Waals surface area contributed by atoms with E-state index < -0.39 is 0 Å². The Kier molecular flexibility index (Phi) is 4.17. The van der Waals surface area contributed by atoms with Crippen molar-refractivity contribution in [2.75, 3.05) is 6.61 Å². The second-order valence-electron chi connectivity index (χ2n) is 3.85. The summed E-state index contributed by atoms with van der Waals surface area (Å²) in [6.45, 7) is 4.95. The van der Waals surface area contributed by atoms with Gasteiger partial charge in [0.15, 0.2) is 0 Å². The maximum absolute atomic E-state index is 9.57. The molecule has 0 aliphatic heterocycles. The second kappa shape index (κ2) is 5.17. The van der Waals surface area contributed by atoms with Crippen LogP contribution in [0.3, 0.4) is 0 Å². The van der Waals surface area contributed by atoms with Crippen LogP contribution in [0.2, 0.25) is 0 Å². The molecule has 2 N–H and O–H groups in total. The Morgan fingerprint density at radius 1 is 1.50 bits per heavy atom. The molecule has 0 spiro atoms. The summed E-state index contributed by atoms with van der Waals surface area (Å²) in [5, 5.41) is 18.5. The molecule has 0 saturated carbocycles. The molecule has 1 heterocycles. The minimum absolute atomic E-state index is 0.198. The highest BCUT2D eigenvalue weighted by atomic mass is 16.3. The van der Waals surface area contributed by atoms with Crippen LogP contribution in [0.4, 0.5) is 0 Å². The van der Waals surface area contributed by atoms with Crippen LogP contribution in [0.25, 0.3) is 0 Å². The second-order valence-corrected chi connectivity index (χ2v) is 3.85. The Morgan fingerprint density at radius 2 is 2.21 bits per heavy atom. The Morgan fingerprint density at radius 3 is 2.79 bits per heavy atom. The number of hydrogen-bond donors (Lipinski definition) is 2. The first kappa shape index (κ1) is 11.3. The molecule has 1 aromatic heterocycles. The number of aliphatic hydroxyl groups is 2. The maximum Gasteiger partial charge on any atom is 0.0802 e. The minimum atomic E-state index is -0.360. The molecule has 0 aliphatic rings. The number of nitrogens with zero attached hydrogens (tertiary/aromatic N) is 1. The molecule has 2 unspecified atom stereocenters. The van der Waals surface area contributed by atoms with E-state index in [4.69, 9.17) is 5.11 Å². The normalized spacial score (nSPS) is 15.4. The van der Waals surface area contributed by atoms with E-state index in [9.17, 15) is 5.11 Å². The highest BCUT2D eigenvalue weighted by Gasteiger charge is 2.07. The lowest BCUT2D eigenvalue weighted by Gasteiger charge is -2.09. The third-order valence-corrected chi connectivity index (χ3v) is 2.38. The molecule has 1 aromatic rings. The first-order valence-corrected chi connectivity index (χ1v) is 5.12. The van der Waals surface area contributed by atoms with Crippen LogP contribution < -0.4 is 0 Å². The SMILES string of the molecule is CCC(O)c1ccn(CC(C)CO)c1. The van der Waals surface area contributed by atoms with E-state index in [1.165, 1.54) is 0 Å². The fraction of sp³-hybridized carbons (Fsp3) is 0.636. The van der Waals surface area contributed by atoms with Gasteiger partial charge in [0, 0.05) is 25.5 Å². The van der Waals surface area contributed by atoms with Crippen molar-refractivity contribution in [1.82, 2.24) is 4.57 Å². The molecule has 80 valence electrons. The fourth-order valence-electron chi connectivity index (χ4n) is 1.42. The number of hydrogen-bond acceptors (Lipinski definition) is 2. The van der Waals surface area contributed by atoms with Gasteiger partial charge in [-0.2, -0.15) is 0 Å². The third kappa shape index (κ3) is 2.86. The maximum atomic E-state index is 9.57. The predicted molar refractivity (Wildman–Crippen MR) is 55.9 cm³/mol. The lowest BCUT2D eigenvalue weighted by molar-refractivity contribution is 0.173. The number of aromatic nitrogens is 1. The highest BCUT2D eigenvalue weighted by Crippen LogP contribution is 2.16. The van der Waals surface area contributed by atoms with Crippen molar-refractivity contribution < 1.29 is 10.2 Å². The van der Waals surface area contributed by atoms with Crippen molar-refractivity contribution in [2.24, 2.45) is 5.92 Å². The van der Waals surface area contributed by atoms with E-state index in [-0.39, 0.29) is 18.6 Å². The van der Waals surface area contributed by atoms with Crippen molar-refractivity contribution in [1.29, 1.82) is 0 Å². The van der Waals surface area contributed by atoms with Crippen LogP contribution in [0, 0.1) is 5.92 Å². The highest BCUT2D eigenvalue weighted by molar-refractivity contribution is 5.13. The van der Waals surface area contributed by atoms with Gasteiger partial charge in [0.05, 0.1) is 6.10 Å². The molecule has 0 amide bonds. The zero-order valence-electron chi connectivity index (χ0n) is 8.85. The average Bonchev–Trinajstić information content (AvgIpc) is 2.65. The van der Waals surface area contributed by atoms with Crippen molar-refractivity contribution in [3.8, 4) is 0 Å². The average molecular weight is 197 g/mol. The lowest BCUT2D eigenvalue weighted by atomic mass is 10.1. The standard InChI is InChI=1S/C11H19NO2/c1-3-11(14)10-4-5-12(7-10)6-9(2)8-13/h4-5,7,9,11,13-14H,3,6,8H2,1-2H3. The molecule has 3 heteroatoms. The fourth-order valence-corrected chi connectivity index (χ4v) is 1.42. The van der Waals surface area contributed by atoms with Gasteiger partial charge in [0.1, 0.15) is 0 Å². The smallest absolute Gasteiger partial charge is 0.0802 e. The molecule has 1 rings (SSSR count). The van der Waals surface area contributed by atoms with Gasteiger partial charge < -0.3 is 14.8 Å². The molecular formula is C11H19NO2. The van der Waals surface area contributed by atoms with E-state index in [1.54, 1.807) is 0 Å². The Balaban J connectivity index is 2.59. The largest absolute Gasteiger partial charge is 0.396 e. The van der Waals surface area contributed by atoms with Crippen molar-refractivity contribution in [3.05, 3.63) is 24.0 Å². The van der Waals surface area contributed by atoms with Crippen LogP contribution in [-0.4, -0.2) is 21.4 Å². The first-order valence-electron chi connectivity index (χ1n) is 5.12. The van der Waals surface area contributed by atoms with Crippen molar-refractivity contribution >= 4 is 0 Å². The molecule has 0 radical (unpaired) electrons. The van der Waals surface area contributed by atoms with Crippen molar-refractivity contribution in [3.63, 3.8) is 0 Å². The zero-order valence-corrected chi connectivity index (χ0v) is 8.85. The van der Waals surface area contributed by atoms with Crippen LogP contribution in [0.1, 0.15) is 31.9 Å². The third-order valence-electron chi connectivity index (χ3n) is 2.38. The van der Waals surface area contributed by atoms with E-state index in [0.29, 0.717) is 0 Å². The van der Waals surface area contributed by atoms with Crippen LogP contribution in [0.15, 0.2) is 18.5 Å². The van der Waals surface area contributed by atoms with E-state index >= 15 is 0 Å². The summed E-state index contributed by atoms with van der Waals surface area (Å²) in [6.07, 6.45) is 4.26. The first-order chi connectivity index (χ1) is 6.67. The quantitative estimate of drug-likeness (QED) is 0.752. The van der Waals surface area contributed by atoms with E-state index in [2.05, 4.69) is 0 Å². The predicted octanol–water partition coefficient (Wildman–Crippen LogP) is 1.56. The van der Waals surface area contributed by atoms with Gasteiger partial charge in [0.25, 0.3) is 0 Å². The van der Waals surface area contributed by atoms with E-state index in [1.807, 2.05) is 36.9 Å². The van der Waals surface area contributed by atoms with Gasteiger partial charge in [-0.1, -0.05) is 13.8 Å². The molecule has 0 aromatic carbocycles. The molecule has 14 heavy (non-hydrogen) atoms. The zero-order chi connectivity index (χ0) is 10.6. The van der Waals surface area contributed by atoms with E-state index in [0.717, 1.165) is 18.5 Å². The molecule has 3 nitrogen and oxygen atoms in total.